The lowest BCUT2D eigenvalue weighted by Crippen LogP contribution is -2.55. The number of hydrogen-bond donors (Lipinski definition) is 2. The zero-order valence-electron chi connectivity index (χ0n) is 10.4. The topological polar surface area (TPSA) is 89.6 Å². The molecule has 3 N–H and O–H groups in total. The molecule has 17 heavy (non-hydrogen) atoms. The fraction of sp³-hybridized carbons (Fsp3) is 0.667. The molecule has 2 atom stereocenters. The van der Waals surface area contributed by atoms with E-state index in [2.05, 4.69) is 0 Å². The fourth-order valence-electron chi connectivity index (χ4n) is 1.83. The van der Waals surface area contributed by atoms with Crippen molar-refractivity contribution < 1.29 is 19.4 Å². The minimum Gasteiger partial charge on any atom is -0.480 e. The van der Waals surface area contributed by atoms with Crippen LogP contribution in [0.2, 0.25) is 0 Å². The third-order valence-corrected chi connectivity index (χ3v) is 2.76. The number of ether oxygens (including phenoxy) is 1. The molecular formula is C12H19NO4. The van der Waals surface area contributed by atoms with E-state index in [0.29, 0.717) is 6.42 Å². The average molecular weight is 241 g/mol. The SMILES string of the molecule is CC(C)(C)OC(=O)[C@]1(C(=O)O)CCC=C[C@@H]1N. The normalized spacial score (nSPS) is 28.8. The molecule has 5 nitrogen and oxygen atoms in total. The number of aliphatic carboxylic acids is 1. The van der Waals surface area contributed by atoms with Crippen LogP contribution in [-0.4, -0.2) is 28.7 Å². The Kier molecular flexibility index (Phi) is 3.62. The summed E-state index contributed by atoms with van der Waals surface area (Å²) in [5.74, 6) is -1.97. The quantitative estimate of drug-likeness (QED) is 0.429. The van der Waals surface area contributed by atoms with Crippen LogP contribution in [0.5, 0.6) is 0 Å². The summed E-state index contributed by atoms with van der Waals surface area (Å²) in [5, 5.41) is 9.31. The molecule has 0 bridgehead atoms. The first-order chi connectivity index (χ1) is 7.70. The molecule has 0 spiro atoms. The van der Waals surface area contributed by atoms with E-state index in [1.807, 2.05) is 0 Å². The van der Waals surface area contributed by atoms with Crippen LogP contribution in [0, 0.1) is 5.41 Å². The molecule has 0 amide bonds. The molecule has 5 heteroatoms. The van der Waals surface area contributed by atoms with E-state index in [4.69, 9.17) is 10.5 Å². The third kappa shape index (κ3) is 2.66. The number of nitrogens with two attached hydrogens (primary N) is 1. The lowest BCUT2D eigenvalue weighted by atomic mass is 9.73. The van der Waals surface area contributed by atoms with Gasteiger partial charge in [-0.3, -0.25) is 9.59 Å². The Morgan fingerprint density at radius 3 is 2.47 bits per heavy atom. The Hall–Kier alpha value is -1.36. The van der Waals surface area contributed by atoms with Gasteiger partial charge in [0.2, 0.25) is 0 Å². The number of carboxylic acids is 1. The Morgan fingerprint density at radius 1 is 1.47 bits per heavy atom. The smallest absolute Gasteiger partial charge is 0.325 e. The summed E-state index contributed by atoms with van der Waals surface area (Å²) < 4.78 is 5.18. The third-order valence-electron chi connectivity index (χ3n) is 2.76. The summed E-state index contributed by atoms with van der Waals surface area (Å²) in [6.45, 7) is 5.10. The van der Waals surface area contributed by atoms with Crippen LogP contribution < -0.4 is 5.73 Å². The van der Waals surface area contributed by atoms with Gasteiger partial charge in [-0.25, -0.2) is 0 Å². The molecule has 0 radical (unpaired) electrons. The summed E-state index contributed by atoms with van der Waals surface area (Å²) in [7, 11) is 0. The molecule has 0 saturated heterocycles. The molecule has 0 unspecified atom stereocenters. The summed E-state index contributed by atoms with van der Waals surface area (Å²) in [4.78, 5) is 23.5. The van der Waals surface area contributed by atoms with Gasteiger partial charge in [-0.2, -0.15) is 0 Å². The van der Waals surface area contributed by atoms with E-state index in [0.717, 1.165) is 0 Å². The number of allylic oxidation sites excluding steroid dienone is 1. The van der Waals surface area contributed by atoms with Crippen molar-refractivity contribution in [1.82, 2.24) is 0 Å². The molecule has 0 aliphatic heterocycles. The first-order valence-electron chi connectivity index (χ1n) is 5.59. The van der Waals surface area contributed by atoms with Gasteiger partial charge in [0.25, 0.3) is 0 Å². The second-order valence-electron chi connectivity index (χ2n) is 5.27. The highest BCUT2D eigenvalue weighted by Gasteiger charge is 2.53. The molecule has 0 aromatic rings. The molecule has 1 aliphatic carbocycles. The van der Waals surface area contributed by atoms with E-state index in [1.165, 1.54) is 0 Å². The van der Waals surface area contributed by atoms with Crippen molar-refractivity contribution >= 4 is 11.9 Å². The molecule has 0 aromatic heterocycles. The van der Waals surface area contributed by atoms with Crippen LogP contribution in [0.15, 0.2) is 12.2 Å². The first-order valence-corrected chi connectivity index (χ1v) is 5.59. The van der Waals surface area contributed by atoms with Crippen molar-refractivity contribution in [2.24, 2.45) is 11.1 Å². The Bertz CT molecular complexity index is 356. The molecule has 1 aliphatic rings. The molecule has 96 valence electrons. The molecule has 0 fully saturated rings. The second kappa shape index (κ2) is 4.49. The number of carboxylic acid groups (broad SMARTS) is 1. The van der Waals surface area contributed by atoms with Gasteiger partial charge < -0.3 is 15.6 Å². The number of rotatable bonds is 2. The summed E-state index contributed by atoms with van der Waals surface area (Å²) >= 11 is 0. The van der Waals surface area contributed by atoms with Crippen LogP contribution >= 0.6 is 0 Å². The van der Waals surface area contributed by atoms with Crippen molar-refractivity contribution in [3.63, 3.8) is 0 Å². The maximum Gasteiger partial charge on any atom is 0.325 e. The zero-order valence-corrected chi connectivity index (χ0v) is 10.4. The van der Waals surface area contributed by atoms with Gasteiger partial charge in [-0.15, -0.1) is 0 Å². The van der Waals surface area contributed by atoms with Gasteiger partial charge in [0.1, 0.15) is 5.60 Å². The minimum absolute atomic E-state index is 0.176. The molecule has 0 saturated carbocycles. The zero-order chi connectivity index (χ0) is 13.3. The van der Waals surface area contributed by atoms with Gasteiger partial charge in [0, 0.05) is 6.04 Å². The van der Waals surface area contributed by atoms with Gasteiger partial charge >= 0.3 is 11.9 Å². The van der Waals surface area contributed by atoms with Crippen molar-refractivity contribution in [1.29, 1.82) is 0 Å². The van der Waals surface area contributed by atoms with Gasteiger partial charge in [0.05, 0.1) is 0 Å². The van der Waals surface area contributed by atoms with Crippen LogP contribution in [0.3, 0.4) is 0 Å². The largest absolute Gasteiger partial charge is 0.480 e. The minimum atomic E-state index is -1.65. The van der Waals surface area contributed by atoms with Crippen LogP contribution in [0.4, 0.5) is 0 Å². The Balaban J connectivity index is 3.05. The summed E-state index contributed by atoms with van der Waals surface area (Å²) in [5.41, 5.74) is 3.39. The van der Waals surface area contributed by atoms with E-state index in [1.54, 1.807) is 32.9 Å². The van der Waals surface area contributed by atoms with Crippen LogP contribution in [0.1, 0.15) is 33.6 Å². The fourth-order valence-corrected chi connectivity index (χ4v) is 1.83. The Labute approximate surface area is 101 Å². The van der Waals surface area contributed by atoms with E-state index < -0.39 is 29.0 Å². The maximum atomic E-state index is 12.1. The number of carbonyl (C=O) groups is 2. The lowest BCUT2D eigenvalue weighted by molar-refractivity contribution is -0.178. The number of esters is 1. The standard InChI is InChI=1S/C12H19NO4/c1-11(2,3)17-10(16)12(9(14)15)7-5-4-6-8(12)13/h4,6,8H,5,7,13H2,1-3H3,(H,14,15)/t8-,12+/m0/s1. The highest BCUT2D eigenvalue weighted by Crippen LogP contribution is 2.35. The number of carbonyl (C=O) groups excluding carboxylic acids is 1. The second-order valence-corrected chi connectivity index (χ2v) is 5.27. The predicted molar refractivity (Wildman–Crippen MR) is 62.3 cm³/mol. The van der Waals surface area contributed by atoms with E-state index >= 15 is 0 Å². The highest BCUT2D eigenvalue weighted by molar-refractivity contribution is 6.00. The number of hydrogen-bond acceptors (Lipinski definition) is 4. The first kappa shape index (κ1) is 13.7. The Morgan fingerprint density at radius 2 is 2.06 bits per heavy atom. The van der Waals surface area contributed by atoms with Crippen molar-refractivity contribution in [3.05, 3.63) is 12.2 Å². The molecule has 1 rings (SSSR count). The van der Waals surface area contributed by atoms with Crippen molar-refractivity contribution in [2.75, 3.05) is 0 Å². The van der Waals surface area contributed by atoms with E-state index in [-0.39, 0.29) is 6.42 Å². The van der Waals surface area contributed by atoms with Crippen LogP contribution in [0.25, 0.3) is 0 Å². The molecular weight excluding hydrogens is 222 g/mol. The van der Waals surface area contributed by atoms with Gasteiger partial charge in [0.15, 0.2) is 5.41 Å². The predicted octanol–water partition coefficient (Wildman–Crippen LogP) is 1.08. The summed E-state index contributed by atoms with van der Waals surface area (Å²) in [6, 6.07) is -0.844. The monoisotopic (exact) mass is 241 g/mol. The molecule has 0 aromatic carbocycles. The lowest BCUT2D eigenvalue weighted by Gasteiger charge is -2.35. The van der Waals surface area contributed by atoms with Gasteiger partial charge in [-0.05, 0) is 33.6 Å². The van der Waals surface area contributed by atoms with Crippen molar-refractivity contribution in [3.8, 4) is 0 Å². The van der Waals surface area contributed by atoms with Gasteiger partial charge in [-0.1, -0.05) is 12.2 Å². The maximum absolute atomic E-state index is 12.1. The van der Waals surface area contributed by atoms with Crippen molar-refractivity contribution in [2.45, 2.75) is 45.3 Å². The van der Waals surface area contributed by atoms with Crippen LogP contribution in [-0.2, 0) is 14.3 Å². The average Bonchev–Trinajstić information content (AvgIpc) is 2.15. The molecule has 0 heterocycles. The van der Waals surface area contributed by atoms with E-state index in [9.17, 15) is 14.7 Å². The highest BCUT2D eigenvalue weighted by atomic mass is 16.6. The summed E-state index contributed by atoms with van der Waals surface area (Å²) in [6.07, 6.45) is 4.03.